The second-order valence-corrected chi connectivity index (χ2v) is 3.77. The molecule has 0 N–H and O–H groups in total. The molecular weight excluding hydrogens is 174 g/mol. The molecule has 74 valence electrons. The summed E-state index contributed by atoms with van der Waals surface area (Å²) in [5.41, 5.74) is 2.14. The van der Waals surface area contributed by atoms with Gasteiger partial charge in [0.1, 0.15) is 5.52 Å². The van der Waals surface area contributed by atoms with Gasteiger partial charge in [0.15, 0.2) is 0 Å². The molecule has 0 saturated carbocycles. The summed E-state index contributed by atoms with van der Waals surface area (Å²) in [5, 5.41) is 5.69. The number of aryl methyl sites for hydroxylation is 1. The van der Waals surface area contributed by atoms with Crippen LogP contribution in [0.2, 0.25) is 0 Å². The zero-order valence-corrected chi connectivity index (χ0v) is 8.86. The van der Waals surface area contributed by atoms with Gasteiger partial charge in [-0.25, -0.2) is 0 Å². The lowest BCUT2D eigenvalue weighted by Gasteiger charge is -2.03. The molecule has 3 nitrogen and oxygen atoms in total. The highest BCUT2D eigenvalue weighted by atomic mass is 15.3. The van der Waals surface area contributed by atoms with Crippen LogP contribution < -0.4 is 0 Å². The Hall–Kier alpha value is -1.38. The van der Waals surface area contributed by atoms with E-state index in [9.17, 15) is 0 Å². The second kappa shape index (κ2) is 3.40. The van der Waals surface area contributed by atoms with Crippen LogP contribution in [0.3, 0.4) is 0 Å². The van der Waals surface area contributed by atoms with Crippen LogP contribution in [0.15, 0.2) is 18.5 Å². The van der Waals surface area contributed by atoms with E-state index in [1.807, 2.05) is 16.9 Å². The predicted octanol–water partition coefficient (Wildman–Crippen LogP) is 2.57. The summed E-state index contributed by atoms with van der Waals surface area (Å²) in [5.74, 6) is 0.430. The number of aromatic nitrogens is 3. The molecule has 2 rings (SSSR count). The molecule has 0 spiro atoms. The van der Waals surface area contributed by atoms with Crippen molar-refractivity contribution in [3.05, 3.63) is 24.2 Å². The van der Waals surface area contributed by atoms with E-state index in [-0.39, 0.29) is 0 Å². The molecule has 0 aliphatic heterocycles. The van der Waals surface area contributed by atoms with Crippen LogP contribution in [0.25, 0.3) is 10.9 Å². The Kier molecular flexibility index (Phi) is 2.23. The van der Waals surface area contributed by atoms with Gasteiger partial charge in [0.05, 0.1) is 5.69 Å². The Balaban J connectivity index is 2.66. The summed E-state index contributed by atoms with van der Waals surface area (Å²) >= 11 is 0. The molecule has 0 aromatic carbocycles. The molecule has 0 unspecified atom stereocenters. The maximum atomic E-state index is 4.51. The van der Waals surface area contributed by atoms with Crippen LogP contribution in [0.4, 0.5) is 0 Å². The van der Waals surface area contributed by atoms with Crippen molar-refractivity contribution >= 4 is 10.9 Å². The summed E-state index contributed by atoms with van der Waals surface area (Å²) in [6.45, 7) is 7.29. The number of nitrogens with zero attached hydrogens (tertiary/aromatic N) is 3. The van der Waals surface area contributed by atoms with Gasteiger partial charge in [-0.3, -0.25) is 9.67 Å². The minimum absolute atomic E-state index is 0.430. The third-order valence-corrected chi connectivity index (χ3v) is 2.37. The van der Waals surface area contributed by atoms with E-state index >= 15 is 0 Å². The molecule has 2 aromatic rings. The molecule has 2 heterocycles. The number of hydrogen-bond acceptors (Lipinski definition) is 2. The van der Waals surface area contributed by atoms with Gasteiger partial charge in [0.25, 0.3) is 0 Å². The van der Waals surface area contributed by atoms with Gasteiger partial charge in [0.2, 0.25) is 0 Å². The number of pyridine rings is 1. The molecule has 2 aromatic heterocycles. The molecule has 0 amide bonds. The van der Waals surface area contributed by atoms with Crippen LogP contribution in [-0.4, -0.2) is 14.8 Å². The fraction of sp³-hybridized carbons (Fsp3) is 0.455. The molecular formula is C11H15N3. The molecule has 14 heavy (non-hydrogen) atoms. The molecule has 0 radical (unpaired) electrons. The van der Waals surface area contributed by atoms with Crippen molar-refractivity contribution in [2.24, 2.45) is 0 Å². The summed E-state index contributed by atoms with van der Waals surface area (Å²) in [4.78, 5) is 4.38. The Labute approximate surface area is 83.8 Å². The largest absolute Gasteiger partial charge is 0.272 e. The van der Waals surface area contributed by atoms with Crippen LogP contribution in [0, 0.1) is 0 Å². The first-order valence-electron chi connectivity index (χ1n) is 5.04. The maximum absolute atomic E-state index is 4.51. The van der Waals surface area contributed by atoms with Gasteiger partial charge in [-0.05, 0) is 18.9 Å². The SMILES string of the molecule is CCn1cc2ccnc(C(C)C)c2n1. The second-order valence-electron chi connectivity index (χ2n) is 3.77. The quantitative estimate of drug-likeness (QED) is 0.727. The Bertz CT molecular complexity index is 443. The van der Waals surface area contributed by atoms with Crippen LogP contribution >= 0.6 is 0 Å². The van der Waals surface area contributed by atoms with Crippen molar-refractivity contribution in [3.8, 4) is 0 Å². The Morgan fingerprint density at radius 2 is 2.21 bits per heavy atom. The molecule has 0 aliphatic rings. The fourth-order valence-corrected chi connectivity index (χ4v) is 1.60. The van der Waals surface area contributed by atoms with Crippen molar-refractivity contribution < 1.29 is 0 Å². The van der Waals surface area contributed by atoms with Gasteiger partial charge in [-0.15, -0.1) is 0 Å². The topological polar surface area (TPSA) is 30.7 Å². The predicted molar refractivity (Wildman–Crippen MR) is 57.3 cm³/mol. The molecule has 0 bridgehead atoms. The zero-order chi connectivity index (χ0) is 10.1. The summed E-state index contributed by atoms with van der Waals surface area (Å²) in [6.07, 6.45) is 3.93. The molecule has 0 aliphatic carbocycles. The van der Waals surface area contributed by atoms with E-state index in [1.54, 1.807) is 0 Å². The molecule has 3 heteroatoms. The van der Waals surface area contributed by atoms with E-state index in [0.717, 1.165) is 17.8 Å². The Morgan fingerprint density at radius 3 is 2.86 bits per heavy atom. The molecule has 0 atom stereocenters. The highest BCUT2D eigenvalue weighted by molar-refractivity contribution is 5.80. The highest BCUT2D eigenvalue weighted by Crippen LogP contribution is 2.21. The maximum Gasteiger partial charge on any atom is 0.114 e. The Morgan fingerprint density at radius 1 is 1.43 bits per heavy atom. The van der Waals surface area contributed by atoms with Gasteiger partial charge in [-0.1, -0.05) is 13.8 Å². The smallest absolute Gasteiger partial charge is 0.114 e. The van der Waals surface area contributed by atoms with Crippen LogP contribution in [-0.2, 0) is 6.54 Å². The van der Waals surface area contributed by atoms with Gasteiger partial charge >= 0.3 is 0 Å². The average Bonchev–Trinajstić information content (AvgIpc) is 2.59. The zero-order valence-electron chi connectivity index (χ0n) is 8.86. The van der Waals surface area contributed by atoms with Crippen LogP contribution in [0.1, 0.15) is 32.4 Å². The first-order valence-corrected chi connectivity index (χ1v) is 5.04. The number of hydrogen-bond donors (Lipinski definition) is 0. The minimum Gasteiger partial charge on any atom is -0.272 e. The van der Waals surface area contributed by atoms with E-state index in [0.29, 0.717) is 5.92 Å². The average molecular weight is 189 g/mol. The summed E-state index contributed by atoms with van der Waals surface area (Å²) < 4.78 is 1.96. The van der Waals surface area contributed by atoms with E-state index in [4.69, 9.17) is 0 Å². The summed E-state index contributed by atoms with van der Waals surface area (Å²) in [6, 6.07) is 2.01. The number of fused-ring (bicyclic) bond motifs is 1. The van der Waals surface area contributed by atoms with Crippen molar-refractivity contribution in [1.82, 2.24) is 14.8 Å². The molecule has 0 saturated heterocycles. The third-order valence-electron chi connectivity index (χ3n) is 2.37. The lowest BCUT2D eigenvalue weighted by molar-refractivity contribution is 0.665. The molecule has 0 fully saturated rings. The normalized spacial score (nSPS) is 11.4. The van der Waals surface area contributed by atoms with E-state index in [1.165, 1.54) is 5.39 Å². The van der Waals surface area contributed by atoms with Crippen molar-refractivity contribution in [2.75, 3.05) is 0 Å². The van der Waals surface area contributed by atoms with E-state index < -0.39 is 0 Å². The third kappa shape index (κ3) is 1.39. The lowest BCUT2D eigenvalue weighted by Crippen LogP contribution is -1.96. The minimum atomic E-state index is 0.430. The van der Waals surface area contributed by atoms with Gasteiger partial charge in [0, 0.05) is 24.3 Å². The van der Waals surface area contributed by atoms with Crippen molar-refractivity contribution in [1.29, 1.82) is 0 Å². The van der Waals surface area contributed by atoms with Crippen molar-refractivity contribution in [2.45, 2.75) is 33.2 Å². The summed E-state index contributed by atoms with van der Waals surface area (Å²) in [7, 11) is 0. The van der Waals surface area contributed by atoms with Gasteiger partial charge in [-0.2, -0.15) is 5.10 Å². The van der Waals surface area contributed by atoms with Gasteiger partial charge < -0.3 is 0 Å². The first kappa shape index (κ1) is 9.19. The van der Waals surface area contributed by atoms with Crippen LogP contribution in [0.5, 0.6) is 0 Å². The van der Waals surface area contributed by atoms with Crippen molar-refractivity contribution in [3.63, 3.8) is 0 Å². The highest BCUT2D eigenvalue weighted by Gasteiger charge is 2.09. The number of rotatable bonds is 2. The standard InChI is InChI=1S/C11H15N3/c1-4-14-7-9-5-6-12-10(8(2)3)11(9)13-14/h5-8H,4H2,1-3H3. The fourth-order valence-electron chi connectivity index (χ4n) is 1.60. The first-order chi connectivity index (χ1) is 6.72. The lowest BCUT2D eigenvalue weighted by atomic mass is 10.1. The monoisotopic (exact) mass is 189 g/mol. The van der Waals surface area contributed by atoms with E-state index in [2.05, 4.69) is 37.1 Å².